The molecule has 32 heavy (non-hydrogen) atoms. The lowest BCUT2D eigenvalue weighted by Gasteiger charge is -2.12. The van der Waals surface area contributed by atoms with Crippen LogP contribution in [0.1, 0.15) is 23.6 Å². The van der Waals surface area contributed by atoms with Gasteiger partial charge in [0.2, 0.25) is 5.91 Å². The first kappa shape index (κ1) is 23.8. The molecule has 0 spiro atoms. The number of nitrogens with one attached hydrogen (secondary N) is 1. The molecule has 0 unspecified atom stereocenters. The molecule has 0 aliphatic carbocycles. The van der Waals surface area contributed by atoms with Crippen molar-refractivity contribution in [1.29, 1.82) is 5.26 Å². The summed E-state index contributed by atoms with van der Waals surface area (Å²) in [4.78, 5) is 12.7. The molecule has 0 aliphatic heterocycles. The van der Waals surface area contributed by atoms with E-state index >= 15 is 0 Å². The first-order chi connectivity index (χ1) is 15.1. The normalized spacial score (nSPS) is 11.1. The van der Waals surface area contributed by atoms with Crippen LogP contribution in [0.15, 0.2) is 59.5 Å². The minimum Gasteiger partial charge on any atom is -0.326 e. The van der Waals surface area contributed by atoms with E-state index in [1.807, 2.05) is 19.1 Å². The van der Waals surface area contributed by atoms with Gasteiger partial charge in [0, 0.05) is 11.3 Å². The highest BCUT2D eigenvalue weighted by Gasteiger charge is 2.15. The van der Waals surface area contributed by atoms with Crippen LogP contribution in [0.4, 0.5) is 5.69 Å². The number of carbonyl (C=O) groups excluding carboxylic acids is 1. The summed E-state index contributed by atoms with van der Waals surface area (Å²) in [7, 11) is -3.28. The Kier molecular flexibility index (Phi) is 7.25. The Bertz CT molecular complexity index is 1310. The molecule has 1 amide bonds. The molecule has 0 aromatic heterocycles. The van der Waals surface area contributed by atoms with E-state index in [0.717, 1.165) is 5.56 Å². The van der Waals surface area contributed by atoms with Gasteiger partial charge in [-0.2, -0.15) is 5.26 Å². The first-order valence-corrected chi connectivity index (χ1v) is 12.2. The fraction of sp³-hybridized carbons (Fsp3) is 0.167. The van der Waals surface area contributed by atoms with Crippen molar-refractivity contribution in [3.8, 4) is 17.2 Å². The van der Waals surface area contributed by atoms with E-state index < -0.39 is 9.84 Å². The molecule has 0 bridgehead atoms. The van der Waals surface area contributed by atoms with Gasteiger partial charge >= 0.3 is 0 Å². The lowest BCUT2D eigenvalue weighted by atomic mass is 10.00. The summed E-state index contributed by atoms with van der Waals surface area (Å²) in [5.74, 6) is -0.275. The molecule has 3 aromatic carbocycles. The minimum atomic E-state index is -3.28. The van der Waals surface area contributed by atoms with E-state index in [1.54, 1.807) is 37.3 Å². The monoisotopic (exact) mass is 486 g/mol. The molecule has 3 aromatic rings. The Morgan fingerprint density at radius 1 is 1.03 bits per heavy atom. The second kappa shape index (κ2) is 9.74. The highest BCUT2D eigenvalue weighted by molar-refractivity contribution is 7.91. The van der Waals surface area contributed by atoms with Crippen molar-refractivity contribution in [1.82, 2.24) is 0 Å². The average molecular weight is 487 g/mol. The Labute approximate surface area is 197 Å². The number of amides is 1. The van der Waals surface area contributed by atoms with Crippen LogP contribution < -0.4 is 5.32 Å². The fourth-order valence-corrected chi connectivity index (χ4v) is 4.78. The van der Waals surface area contributed by atoms with Crippen molar-refractivity contribution < 1.29 is 13.2 Å². The largest absolute Gasteiger partial charge is 0.326 e. The molecule has 1 N–H and O–H groups in total. The van der Waals surface area contributed by atoms with Gasteiger partial charge in [0.15, 0.2) is 9.84 Å². The lowest BCUT2D eigenvalue weighted by molar-refractivity contribution is -0.115. The maximum Gasteiger partial charge on any atom is 0.228 e. The summed E-state index contributed by atoms with van der Waals surface area (Å²) in [6.07, 6.45) is 0.0624. The Hall–Kier alpha value is -2.85. The second-order valence-electron chi connectivity index (χ2n) is 7.23. The number of anilines is 1. The maximum atomic E-state index is 12.5. The van der Waals surface area contributed by atoms with E-state index in [1.165, 1.54) is 12.1 Å². The van der Waals surface area contributed by atoms with Crippen LogP contribution in [0.2, 0.25) is 10.0 Å². The molecule has 0 heterocycles. The number of nitrogens with zero attached hydrogens (tertiary/aromatic N) is 1. The van der Waals surface area contributed by atoms with Gasteiger partial charge in [-0.3, -0.25) is 4.79 Å². The van der Waals surface area contributed by atoms with Crippen LogP contribution in [0, 0.1) is 18.3 Å². The number of hydrogen-bond donors (Lipinski definition) is 1. The minimum absolute atomic E-state index is 0.0186. The van der Waals surface area contributed by atoms with Gasteiger partial charge in [-0.25, -0.2) is 8.42 Å². The molecule has 0 fully saturated rings. The summed E-state index contributed by atoms with van der Waals surface area (Å²) < 4.78 is 23.8. The smallest absolute Gasteiger partial charge is 0.228 e. The predicted molar refractivity (Wildman–Crippen MR) is 128 cm³/mol. The number of benzene rings is 3. The SMILES string of the molecule is CCS(=O)(=O)c1ccc(CC(=O)Nc2cc(Cl)c(-c3ccc(C)c(C#N)c3)c(Cl)c2)cc1. The molecule has 0 aliphatic rings. The number of carbonyl (C=O) groups is 1. The van der Waals surface area contributed by atoms with Crippen LogP contribution >= 0.6 is 23.2 Å². The molecular weight excluding hydrogens is 467 g/mol. The van der Waals surface area contributed by atoms with Gasteiger partial charge in [-0.1, -0.05) is 54.4 Å². The third-order valence-corrected chi connectivity index (χ3v) is 7.35. The first-order valence-electron chi connectivity index (χ1n) is 9.76. The second-order valence-corrected chi connectivity index (χ2v) is 10.3. The summed E-state index contributed by atoms with van der Waals surface area (Å²) in [6, 6.07) is 17.0. The number of rotatable bonds is 6. The van der Waals surface area contributed by atoms with Crippen LogP contribution in [-0.2, 0) is 21.1 Å². The van der Waals surface area contributed by atoms with Gasteiger partial charge in [0.25, 0.3) is 0 Å². The van der Waals surface area contributed by atoms with Crippen molar-refractivity contribution in [2.75, 3.05) is 11.1 Å². The van der Waals surface area contributed by atoms with Crippen LogP contribution in [-0.4, -0.2) is 20.1 Å². The highest BCUT2D eigenvalue weighted by Crippen LogP contribution is 2.38. The van der Waals surface area contributed by atoms with Gasteiger partial charge in [-0.15, -0.1) is 0 Å². The number of nitriles is 1. The van der Waals surface area contributed by atoms with Crippen LogP contribution in [0.5, 0.6) is 0 Å². The standard InChI is InChI=1S/C24H20Cl2N2O3S/c1-3-32(30,31)20-8-5-16(6-9-20)10-23(29)28-19-12-21(25)24(22(26)13-19)17-7-4-15(2)18(11-17)14-27/h4-9,11-13H,3,10H2,1-2H3,(H,28,29). The third kappa shape index (κ3) is 5.31. The molecule has 0 saturated carbocycles. The van der Waals surface area contributed by atoms with Crippen molar-refractivity contribution in [2.45, 2.75) is 25.2 Å². The molecule has 0 radical (unpaired) electrons. The Balaban J connectivity index is 1.77. The molecular formula is C24H20Cl2N2O3S. The number of aryl methyl sites for hydroxylation is 1. The summed E-state index contributed by atoms with van der Waals surface area (Å²) in [5.41, 5.74) is 3.79. The van der Waals surface area contributed by atoms with Gasteiger partial charge in [-0.05, 0) is 53.9 Å². The van der Waals surface area contributed by atoms with E-state index in [2.05, 4.69) is 11.4 Å². The molecule has 0 atom stereocenters. The quantitative estimate of drug-likeness (QED) is 0.475. The fourth-order valence-electron chi connectivity index (χ4n) is 3.19. The van der Waals surface area contributed by atoms with Crippen molar-refractivity contribution in [3.05, 3.63) is 81.3 Å². The molecule has 164 valence electrons. The highest BCUT2D eigenvalue weighted by atomic mass is 35.5. The summed E-state index contributed by atoms with van der Waals surface area (Å²) in [6.45, 7) is 3.43. The average Bonchev–Trinajstić information content (AvgIpc) is 2.74. The van der Waals surface area contributed by atoms with Gasteiger partial charge in [0.1, 0.15) is 0 Å². The molecule has 5 nitrogen and oxygen atoms in total. The van der Waals surface area contributed by atoms with Gasteiger partial charge < -0.3 is 5.32 Å². The van der Waals surface area contributed by atoms with Crippen molar-refractivity contribution in [3.63, 3.8) is 0 Å². The molecule has 8 heteroatoms. The lowest BCUT2D eigenvalue weighted by Crippen LogP contribution is -2.14. The zero-order valence-electron chi connectivity index (χ0n) is 17.4. The molecule has 3 rings (SSSR count). The summed E-state index contributed by atoms with van der Waals surface area (Å²) in [5, 5.41) is 12.7. The maximum absolute atomic E-state index is 12.5. The predicted octanol–water partition coefficient (Wildman–Crippen LogP) is 5.82. The van der Waals surface area contributed by atoms with E-state index in [-0.39, 0.29) is 23.0 Å². The van der Waals surface area contributed by atoms with E-state index in [9.17, 15) is 18.5 Å². The topological polar surface area (TPSA) is 87.0 Å². The zero-order chi connectivity index (χ0) is 23.5. The Morgan fingerprint density at radius 3 is 2.22 bits per heavy atom. The van der Waals surface area contributed by atoms with Crippen LogP contribution in [0.3, 0.4) is 0 Å². The summed E-state index contributed by atoms with van der Waals surface area (Å²) >= 11 is 12.9. The number of halogens is 2. The zero-order valence-corrected chi connectivity index (χ0v) is 19.8. The van der Waals surface area contributed by atoms with E-state index in [0.29, 0.717) is 38.0 Å². The van der Waals surface area contributed by atoms with Crippen molar-refractivity contribution in [2.24, 2.45) is 0 Å². The Morgan fingerprint density at radius 2 is 1.66 bits per heavy atom. The van der Waals surface area contributed by atoms with Crippen molar-refractivity contribution >= 4 is 44.6 Å². The third-order valence-electron chi connectivity index (χ3n) is 5.00. The van der Waals surface area contributed by atoms with E-state index in [4.69, 9.17) is 23.2 Å². The number of sulfone groups is 1. The van der Waals surface area contributed by atoms with Gasteiger partial charge in [0.05, 0.1) is 38.7 Å². The number of hydrogen-bond acceptors (Lipinski definition) is 4. The molecule has 0 saturated heterocycles. The van der Waals surface area contributed by atoms with Crippen LogP contribution in [0.25, 0.3) is 11.1 Å².